The molecule has 0 radical (unpaired) electrons. The van der Waals surface area contributed by atoms with Crippen molar-refractivity contribution in [3.8, 4) is 11.1 Å². The van der Waals surface area contributed by atoms with Crippen LogP contribution in [0, 0.1) is 6.92 Å². The van der Waals surface area contributed by atoms with Crippen LogP contribution in [0.1, 0.15) is 11.1 Å². The predicted molar refractivity (Wildman–Crippen MR) is 132 cm³/mol. The van der Waals surface area contributed by atoms with E-state index in [1.807, 2.05) is 45.8 Å². The molecule has 9 nitrogen and oxygen atoms in total. The van der Waals surface area contributed by atoms with E-state index in [4.69, 9.17) is 5.10 Å². The lowest BCUT2D eigenvalue weighted by Crippen LogP contribution is -2.47. The minimum Gasteiger partial charge on any atom is -0.365 e. The van der Waals surface area contributed by atoms with Crippen molar-refractivity contribution >= 4 is 17.2 Å². The van der Waals surface area contributed by atoms with E-state index in [1.54, 1.807) is 0 Å². The lowest BCUT2D eigenvalue weighted by molar-refractivity contribution is 0.628. The third kappa shape index (κ3) is 3.89. The Labute approximate surface area is 197 Å². The number of pyridine rings is 1. The molecule has 1 saturated heterocycles. The Morgan fingerprint density at radius 2 is 1.62 bits per heavy atom. The number of piperazine rings is 1. The number of aromatic nitrogens is 7. The quantitative estimate of drug-likeness (QED) is 0.407. The molecule has 1 aromatic carbocycles. The number of rotatable bonds is 5. The summed E-state index contributed by atoms with van der Waals surface area (Å²) in [6.45, 7) is 6.39. The van der Waals surface area contributed by atoms with E-state index in [0.29, 0.717) is 0 Å². The molecule has 34 heavy (non-hydrogen) atoms. The topological polar surface area (TPSA) is 72.3 Å². The maximum atomic E-state index is 4.72. The van der Waals surface area contributed by atoms with Gasteiger partial charge in [-0.2, -0.15) is 10.2 Å². The molecule has 9 heteroatoms. The zero-order valence-electron chi connectivity index (χ0n) is 19.4. The second-order valence-corrected chi connectivity index (χ2v) is 8.88. The van der Waals surface area contributed by atoms with Crippen molar-refractivity contribution in [3.05, 3.63) is 78.6 Å². The number of nitrogens with zero attached hydrogens (tertiary/aromatic N) is 9. The molecule has 0 N–H and O–H groups in total. The summed E-state index contributed by atoms with van der Waals surface area (Å²) >= 11 is 0. The van der Waals surface area contributed by atoms with E-state index in [9.17, 15) is 0 Å². The zero-order chi connectivity index (χ0) is 23.1. The highest BCUT2D eigenvalue weighted by molar-refractivity contribution is 5.75. The Morgan fingerprint density at radius 1 is 0.824 bits per heavy atom. The maximum absolute atomic E-state index is 4.72. The normalized spacial score (nSPS) is 14.3. The van der Waals surface area contributed by atoms with Gasteiger partial charge in [-0.15, -0.1) is 5.10 Å². The molecule has 5 aromatic rings. The van der Waals surface area contributed by atoms with E-state index in [1.165, 1.54) is 11.1 Å². The van der Waals surface area contributed by atoms with Gasteiger partial charge in [0.1, 0.15) is 6.33 Å². The van der Waals surface area contributed by atoms with Crippen LogP contribution in [0.5, 0.6) is 0 Å². The second-order valence-electron chi connectivity index (χ2n) is 8.88. The van der Waals surface area contributed by atoms with E-state index < -0.39 is 0 Å². The molecular weight excluding hydrogens is 426 g/mol. The van der Waals surface area contributed by atoms with Crippen LogP contribution in [-0.4, -0.2) is 60.3 Å². The van der Waals surface area contributed by atoms with Crippen molar-refractivity contribution in [2.45, 2.75) is 13.5 Å². The van der Waals surface area contributed by atoms with Gasteiger partial charge in [-0.05, 0) is 18.6 Å². The largest absolute Gasteiger partial charge is 0.365 e. The van der Waals surface area contributed by atoms with Crippen LogP contribution in [-0.2, 0) is 13.6 Å². The Kier molecular flexibility index (Phi) is 5.01. The summed E-state index contributed by atoms with van der Waals surface area (Å²) in [5.74, 6) is 0.799. The Bertz CT molecular complexity index is 1420. The first kappa shape index (κ1) is 20.5. The molecule has 5 heterocycles. The molecule has 0 unspecified atom stereocenters. The zero-order valence-corrected chi connectivity index (χ0v) is 19.4. The molecular formula is C25H27N9. The number of aryl methyl sites for hydroxylation is 2. The molecule has 0 spiro atoms. The molecule has 0 amide bonds. The van der Waals surface area contributed by atoms with Gasteiger partial charge in [0, 0.05) is 56.7 Å². The fourth-order valence-electron chi connectivity index (χ4n) is 4.49. The van der Waals surface area contributed by atoms with Gasteiger partial charge in [-0.25, -0.2) is 14.2 Å². The fourth-order valence-corrected chi connectivity index (χ4v) is 4.49. The van der Waals surface area contributed by atoms with Gasteiger partial charge in [-0.3, -0.25) is 4.68 Å². The first-order valence-electron chi connectivity index (χ1n) is 11.5. The van der Waals surface area contributed by atoms with Crippen molar-refractivity contribution in [3.63, 3.8) is 0 Å². The van der Waals surface area contributed by atoms with Crippen molar-refractivity contribution < 1.29 is 0 Å². The maximum Gasteiger partial charge on any atom is 0.244 e. The summed E-state index contributed by atoms with van der Waals surface area (Å²) in [7, 11) is 1.93. The minimum absolute atomic E-state index is 0.733. The monoisotopic (exact) mass is 453 g/mol. The molecule has 172 valence electrons. The average Bonchev–Trinajstić information content (AvgIpc) is 3.60. The molecule has 0 bridgehead atoms. The third-order valence-corrected chi connectivity index (χ3v) is 6.43. The summed E-state index contributed by atoms with van der Waals surface area (Å²) < 4.78 is 5.68. The molecule has 1 aliphatic rings. The smallest absolute Gasteiger partial charge is 0.244 e. The van der Waals surface area contributed by atoms with E-state index >= 15 is 0 Å². The van der Waals surface area contributed by atoms with Crippen molar-refractivity contribution in [2.75, 3.05) is 36.0 Å². The molecule has 0 atom stereocenters. The number of fused-ring (bicyclic) bond motifs is 1. The summed E-state index contributed by atoms with van der Waals surface area (Å²) in [5.41, 5.74) is 6.96. The van der Waals surface area contributed by atoms with Crippen LogP contribution >= 0.6 is 0 Å². The van der Waals surface area contributed by atoms with Gasteiger partial charge in [-0.1, -0.05) is 35.9 Å². The Hall–Kier alpha value is -4.14. The second kappa shape index (κ2) is 8.33. The summed E-state index contributed by atoms with van der Waals surface area (Å²) in [4.78, 5) is 9.22. The summed E-state index contributed by atoms with van der Waals surface area (Å²) in [6.07, 6.45) is 9.75. The van der Waals surface area contributed by atoms with E-state index in [2.05, 4.69) is 74.5 Å². The number of hydrogen-bond donors (Lipinski definition) is 0. The lowest BCUT2D eigenvalue weighted by Gasteiger charge is -2.35. The molecule has 0 saturated carbocycles. The standard InChI is InChI=1S/C25H27N9/c1-19-3-5-20(6-4-19)15-33-18-26-25(29-33)32-11-9-31(10-12-32)24-14-28-34-17-21(7-8-23(24)34)22-13-27-30(2)16-22/h3-8,13-14,16-18H,9-12,15H2,1-2H3. The van der Waals surface area contributed by atoms with E-state index in [-0.39, 0.29) is 0 Å². The highest BCUT2D eigenvalue weighted by atomic mass is 15.4. The van der Waals surface area contributed by atoms with Crippen molar-refractivity contribution in [1.29, 1.82) is 0 Å². The van der Waals surface area contributed by atoms with Crippen molar-refractivity contribution in [1.82, 2.24) is 34.2 Å². The Morgan fingerprint density at radius 3 is 2.38 bits per heavy atom. The lowest BCUT2D eigenvalue weighted by atomic mass is 10.1. The molecule has 1 fully saturated rings. The highest BCUT2D eigenvalue weighted by Gasteiger charge is 2.22. The average molecular weight is 454 g/mol. The van der Waals surface area contributed by atoms with Gasteiger partial charge in [0.2, 0.25) is 5.95 Å². The van der Waals surface area contributed by atoms with Gasteiger partial charge < -0.3 is 9.80 Å². The first-order valence-corrected chi connectivity index (χ1v) is 11.5. The Balaban J connectivity index is 1.12. The van der Waals surface area contributed by atoms with Gasteiger partial charge in [0.15, 0.2) is 0 Å². The third-order valence-electron chi connectivity index (χ3n) is 6.43. The molecule has 6 rings (SSSR count). The highest BCUT2D eigenvalue weighted by Crippen LogP contribution is 2.26. The SMILES string of the molecule is Cc1ccc(Cn2cnc(N3CCN(c4cnn5cc(-c6cnn(C)c6)ccc45)CC3)n2)cc1. The molecule has 4 aromatic heterocycles. The van der Waals surface area contributed by atoms with Crippen LogP contribution in [0.4, 0.5) is 11.6 Å². The number of hydrogen-bond acceptors (Lipinski definition) is 6. The van der Waals surface area contributed by atoms with Crippen LogP contribution < -0.4 is 9.80 Å². The van der Waals surface area contributed by atoms with Crippen molar-refractivity contribution in [2.24, 2.45) is 7.05 Å². The van der Waals surface area contributed by atoms with Crippen LogP contribution in [0.25, 0.3) is 16.6 Å². The summed E-state index contributed by atoms with van der Waals surface area (Å²) in [6, 6.07) is 12.8. The molecule has 0 aliphatic carbocycles. The minimum atomic E-state index is 0.733. The summed E-state index contributed by atoms with van der Waals surface area (Å²) in [5, 5.41) is 13.6. The fraction of sp³-hybridized carbons (Fsp3) is 0.280. The first-order chi connectivity index (χ1) is 16.6. The van der Waals surface area contributed by atoms with Gasteiger partial charge in [0.05, 0.1) is 30.1 Å². The van der Waals surface area contributed by atoms with Crippen LogP contribution in [0.15, 0.2) is 67.5 Å². The van der Waals surface area contributed by atoms with Crippen LogP contribution in [0.3, 0.4) is 0 Å². The number of anilines is 2. The van der Waals surface area contributed by atoms with Crippen LogP contribution in [0.2, 0.25) is 0 Å². The molecule has 1 aliphatic heterocycles. The number of benzene rings is 1. The van der Waals surface area contributed by atoms with Gasteiger partial charge >= 0.3 is 0 Å². The van der Waals surface area contributed by atoms with Gasteiger partial charge in [0.25, 0.3) is 0 Å². The van der Waals surface area contributed by atoms with E-state index in [0.717, 1.165) is 61.0 Å². The predicted octanol–water partition coefficient (Wildman–Crippen LogP) is 3.01.